The topological polar surface area (TPSA) is 88.4 Å². The van der Waals surface area contributed by atoms with Crippen molar-refractivity contribution in [1.82, 2.24) is 9.88 Å². The summed E-state index contributed by atoms with van der Waals surface area (Å²) in [7, 11) is 1.64. The molecule has 7 nitrogen and oxygen atoms in total. The maximum Gasteiger partial charge on any atom is 0.288 e. The molecule has 1 aliphatic rings. The third kappa shape index (κ3) is 3.44. The third-order valence-corrected chi connectivity index (χ3v) is 4.80. The molecule has 8 heteroatoms. The Balaban J connectivity index is 2.28. The average Bonchev–Trinajstić information content (AvgIpc) is 2.53. The van der Waals surface area contributed by atoms with E-state index < -0.39 is 4.92 Å². The summed E-state index contributed by atoms with van der Waals surface area (Å²) in [5, 5.41) is 14.1. The molecule has 2 heterocycles. The largest absolute Gasteiger partial charge is 0.372 e. The number of nitrogens with zero attached hydrogens (tertiary/aromatic N) is 3. The number of thioether (sulfide) groups is 1. The first-order chi connectivity index (χ1) is 10.1. The number of amides is 1. The number of rotatable bonds is 4. The van der Waals surface area contributed by atoms with Gasteiger partial charge < -0.3 is 10.2 Å². The van der Waals surface area contributed by atoms with Crippen LogP contribution in [-0.2, 0) is 0 Å². The zero-order valence-electron chi connectivity index (χ0n) is 12.0. The number of pyridine rings is 1. The molecule has 0 spiro atoms. The van der Waals surface area contributed by atoms with Gasteiger partial charge in [-0.3, -0.25) is 14.9 Å². The molecule has 114 valence electrons. The van der Waals surface area contributed by atoms with E-state index in [1.54, 1.807) is 11.9 Å². The van der Waals surface area contributed by atoms with Crippen LogP contribution in [0.15, 0.2) is 12.3 Å². The Morgan fingerprint density at radius 1 is 1.67 bits per heavy atom. The van der Waals surface area contributed by atoms with Gasteiger partial charge in [0.15, 0.2) is 0 Å². The Bertz CT molecular complexity index is 552. The summed E-state index contributed by atoms with van der Waals surface area (Å²) in [5.74, 6) is 1.06. The Morgan fingerprint density at radius 3 is 3.05 bits per heavy atom. The van der Waals surface area contributed by atoms with Crippen molar-refractivity contribution in [3.05, 3.63) is 27.9 Å². The molecule has 0 aliphatic carbocycles. The normalized spacial score (nSPS) is 18.4. The lowest BCUT2D eigenvalue weighted by atomic mass is 10.2. The summed E-state index contributed by atoms with van der Waals surface area (Å²) in [6.45, 7) is 3.43. The van der Waals surface area contributed by atoms with Crippen LogP contribution in [0.5, 0.6) is 0 Å². The van der Waals surface area contributed by atoms with Gasteiger partial charge in [0.05, 0.1) is 10.5 Å². The minimum Gasteiger partial charge on any atom is -0.372 e. The minimum atomic E-state index is -0.538. The number of aromatic nitrogens is 1. The highest BCUT2D eigenvalue weighted by molar-refractivity contribution is 8.00. The number of nitrogens with one attached hydrogen (secondary N) is 1. The lowest BCUT2D eigenvalue weighted by Crippen LogP contribution is -2.42. The SMILES string of the molecule is CCC1CN(C(=O)c2cc([N+](=O)[O-])cnc2NC)CCS1. The summed E-state index contributed by atoms with van der Waals surface area (Å²) < 4.78 is 0. The van der Waals surface area contributed by atoms with Crippen molar-refractivity contribution >= 4 is 29.2 Å². The average molecular weight is 310 g/mol. The van der Waals surface area contributed by atoms with Crippen LogP contribution >= 0.6 is 11.8 Å². The third-order valence-electron chi connectivity index (χ3n) is 3.43. The van der Waals surface area contributed by atoms with Crippen LogP contribution in [0.2, 0.25) is 0 Å². The fraction of sp³-hybridized carbons (Fsp3) is 0.538. The lowest BCUT2D eigenvalue weighted by Gasteiger charge is -2.32. The molecular formula is C13H18N4O3S. The van der Waals surface area contributed by atoms with Crippen molar-refractivity contribution in [2.24, 2.45) is 0 Å². The molecule has 1 saturated heterocycles. The fourth-order valence-corrected chi connectivity index (χ4v) is 3.42. The van der Waals surface area contributed by atoms with E-state index in [1.807, 2.05) is 11.8 Å². The lowest BCUT2D eigenvalue weighted by molar-refractivity contribution is -0.385. The molecule has 1 amide bonds. The van der Waals surface area contributed by atoms with E-state index in [2.05, 4.69) is 17.2 Å². The van der Waals surface area contributed by atoms with Gasteiger partial charge in [0.1, 0.15) is 12.0 Å². The quantitative estimate of drug-likeness (QED) is 0.676. The Kier molecular flexibility index (Phi) is 5.00. The van der Waals surface area contributed by atoms with E-state index in [9.17, 15) is 14.9 Å². The van der Waals surface area contributed by atoms with Gasteiger partial charge in [-0.05, 0) is 6.42 Å². The molecule has 1 aromatic rings. The Hall–Kier alpha value is -1.83. The zero-order valence-corrected chi connectivity index (χ0v) is 12.9. The van der Waals surface area contributed by atoms with Crippen LogP contribution in [0, 0.1) is 10.1 Å². The fourth-order valence-electron chi connectivity index (χ4n) is 2.24. The standard InChI is InChI=1S/C13H18N4O3S/c1-3-10-8-16(4-5-21-10)13(18)11-6-9(17(19)20)7-15-12(11)14-2/h6-7,10H,3-5,8H2,1-2H3,(H,14,15). The molecule has 1 atom stereocenters. The van der Waals surface area contributed by atoms with Gasteiger partial charge in [-0.25, -0.2) is 4.98 Å². The van der Waals surface area contributed by atoms with Crippen LogP contribution < -0.4 is 5.32 Å². The van der Waals surface area contributed by atoms with E-state index in [0.29, 0.717) is 24.2 Å². The van der Waals surface area contributed by atoms with Crippen LogP contribution in [-0.4, -0.2) is 51.9 Å². The van der Waals surface area contributed by atoms with Gasteiger partial charge >= 0.3 is 0 Å². The molecule has 1 fully saturated rings. The number of hydrogen-bond donors (Lipinski definition) is 1. The number of nitro groups is 1. The van der Waals surface area contributed by atoms with Crippen molar-refractivity contribution in [2.75, 3.05) is 31.2 Å². The van der Waals surface area contributed by atoms with Crippen LogP contribution in [0.25, 0.3) is 0 Å². The van der Waals surface area contributed by atoms with Crippen LogP contribution in [0.3, 0.4) is 0 Å². The Labute approximate surface area is 127 Å². The van der Waals surface area contributed by atoms with Crippen molar-refractivity contribution in [3.63, 3.8) is 0 Å². The maximum atomic E-state index is 12.6. The number of hydrogen-bond acceptors (Lipinski definition) is 6. The molecule has 2 rings (SSSR count). The summed E-state index contributed by atoms with van der Waals surface area (Å²) in [5.41, 5.74) is 0.0872. The first-order valence-electron chi connectivity index (χ1n) is 6.79. The predicted octanol–water partition coefficient (Wildman–Crippen LogP) is 2.00. The number of anilines is 1. The number of carbonyl (C=O) groups excluding carboxylic acids is 1. The number of carbonyl (C=O) groups is 1. The molecule has 1 N–H and O–H groups in total. The van der Waals surface area contributed by atoms with Crippen molar-refractivity contribution < 1.29 is 9.72 Å². The van der Waals surface area contributed by atoms with Crippen LogP contribution in [0.1, 0.15) is 23.7 Å². The van der Waals surface area contributed by atoms with Gasteiger partial charge in [-0.2, -0.15) is 11.8 Å². The van der Waals surface area contributed by atoms with Gasteiger partial charge in [0.25, 0.3) is 11.6 Å². The monoisotopic (exact) mass is 310 g/mol. The summed E-state index contributed by atoms with van der Waals surface area (Å²) >= 11 is 1.86. The van der Waals surface area contributed by atoms with Crippen molar-refractivity contribution in [2.45, 2.75) is 18.6 Å². The molecule has 0 saturated carbocycles. The highest BCUT2D eigenvalue weighted by atomic mass is 32.2. The van der Waals surface area contributed by atoms with E-state index >= 15 is 0 Å². The minimum absolute atomic E-state index is 0.171. The smallest absolute Gasteiger partial charge is 0.288 e. The highest BCUT2D eigenvalue weighted by Gasteiger charge is 2.27. The van der Waals surface area contributed by atoms with Crippen molar-refractivity contribution in [3.8, 4) is 0 Å². The molecule has 1 unspecified atom stereocenters. The second-order valence-corrected chi connectivity index (χ2v) is 6.16. The second-order valence-electron chi connectivity index (χ2n) is 4.75. The molecule has 0 aromatic carbocycles. The van der Waals surface area contributed by atoms with E-state index in [1.165, 1.54) is 6.07 Å². The Morgan fingerprint density at radius 2 is 2.43 bits per heavy atom. The van der Waals surface area contributed by atoms with Gasteiger partial charge in [-0.15, -0.1) is 0 Å². The molecule has 21 heavy (non-hydrogen) atoms. The molecular weight excluding hydrogens is 292 g/mol. The zero-order chi connectivity index (χ0) is 15.4. The van der Waals surface area contributed by atoms with E-state index in [-0.39, 0.29) is 17.2 Å². The first kappa shape index (κ1) is 15.6. The van der Waals surface area contributed by atoms with Gasteiger partial charge in [0.2, 0.25) is 0 Å². The van der Waals surface area contributed by atoms with Gasteiger partial charge in [-0.1, -0.05) is 6.92 Å². The molecule has 1 aliphatic heterocycles. The first-order valence-corrected chi connectivity index (χ1v) is 7.84. The molecule has 0 bridgehead atoms. The predicted molar refractivity (Wildman–Crippen MR) is 82.9 cm³/mol. The summed E-state index contributed by atoms with van der Waals surface area (Å²) in [6.07, 6.45) is 2.16. The highest BCUT2D eigenvalue weighted by Crippen LogP contribution is 2.25. The van der Waals surface area contributed by atoms with E-state index in [4.69, 9.17) is 0 Å². The van der Waals surface area contributed by atoms with Crippen LogP contribution in [0.4, 0.5) is 11.5 Å². The van der Waals surface area contributed by atoms with Gasteiger partial charge in [0, 0.05) is 37.2 Å². The summed E-state index contributed by atoms with van der Waals surface area (Å²) in [4.78, 5) is 28.7. The molecule has 1 aromatic heterocycles. The van der Waals surface area contributed by atoms with Crippen molar-refractivity contribution in [1.29, 1.82) is 0 Å². The van der Waals surface area contributed by atoms with E-state index in [0.717, 1.165) is 18.4 Å². The second kappa shape index (κ2) is 6.75. The molecule has 0 radical (unpaired) electrons. The maximum absolute atomic E-state index is 12.6. The summed E-state index contributed by atoms with van der Waals surface area (Å²) in [6, 6.07) is 1.30.